The van der Waals surface area contributed by atoms with E-state index in [9.17, 15) is 13.5 Å². The second-order valence-electron chi connectivity index (χ2n) is 2.98. The largest absolute Gasteiger partial charge is 0.376 e. The highest BCUT2D eigenvalue weighted by molar-refractivity contribution is 7.72. The van der Waals surface area contributed by atoms with Gasteiger partial charge in [0.15, 0.2) is 0 Å². The van der Waals surface area contributed by atoms with Crippen molar-refractivity contribution in [1.82, 2.24) is 5.32 Å². The van der Waals surface area contributed by atoms with Crippen LogP contribution in [0.2, 0.25) is 0 Å². The number of nitrogens with one attached hydrogen (secondary N) is 1. The lowest BCUT2D eigenvalue weighted by molar-refractivity contribution is 0.218. The monoisotopic (exact) mass is 265 g/mol. The van der Waals surface area contributed by atoms with Gasteiger partial charge in [0.1, 0.15) is 0 Å². The van der Waals surface area contributed by atoms with Gasteiger partial charge in [-0.1, -0.05) is 6.92 Å². The van der Waals surface area contributed by atoms with E-state index in [2.05, 4.69) is 5.32 Å². The topological polar surface area (TPSA) is 127 Å². The summed E-state index contributed by atoms with van der Waals surface area (Å²) in [4.78, 5) is 34.3. The summed E-state index contributed by atoms with van der Waals surface area (Å²) in [5.74, 6) is 0. The van der Waals surface area contributed by atoms with Crippen LogP contribution in [0.1, 0.15) is 13.3 Å². The molecule has 0 bridgehead atoms. The van der Waals surface area contributed by atoms with Gasteiger partial charge in [-0.25, -0.2) is 4.39 Å². The zero-order valence-electron chi connectivity index (χ0n) is 8.00. The van der Waals surface area contributed by atoms with Crippen molar-refractivity contribution in [2.45, 2.75) is 18.5 Å². The predicted molar refractivity (Wildman–Crippen MR) is 51.1 cm³/mol. The van der Waals surface area contributed by atoms with Crippen LogP contribution in [0, 0.1) is 0 Å². The van der Waals surface area contributed by atoms with Gasteiger partial charge in [0.25, 0.3) is 0 Å². The third kappa shape index (κ3) is 3.60. The van der Waals surface area contributed by atoms with Crippen LogP contribution in [0.3, 0.4) is 0 Å². The summed E-state index contributed by atoms with van der Waals surface area (Å²) in [5.41, 5.74) is 0. The van der Waals surface area contributed by atoms with Crippen LogP contribution in [0.25, 0.3) is 0 Å². The maximum Gasteiger partial charge on any atom is 0.376 e. The molecule has 0 saturated carbocycles. The van der Waals surface area contributed by atoms with Crippen molar-refractivity contribution in [3.63, 3.8) is 0 Å². The van der Waals surface area contributed by atoms with Crippen LogP contribution >= 0.6 is 15.2 Å². The Kier molecular flexibility index (Phi) is 5.08. The Morgan fingerprint density at radius 2 is 1.60 bits per heavy atom. The lowest BCUT2D eigenvalue weighted by atomic mass is 10.5. The quantitative estimate of drug-likeness (QED) is 0.337. The van der Waals surface area contributed by atoms with Crippen LogP contribution in [0.4, 0.5) is 4.39 Å². The average molecular weight is 265 g/mol. The molecule has 0 aliphatic carbocycles. The average Bonchev–Trinajstić information content (AvgIpc) is 2.00. The molecule has 7 nitrogen and oxygen atoms in total. The Bertz CT molecular complexity index is 276. The third-order valence-electron chi connectivity index (χ3n) is 1.67. The first-order chi connectivity index (χ1) is 6.56. The molecule has 0 radical (unpaired) electrons. The Morgan fingerprint density at radius 3 is 1.87 bits per heavy atom. The van der Waals surface area contributed by atoms with Gasteiger partial charge in [-0.3, -0.25) is 9.13 Å². The fraction of sp³-hybridized carbons (Fsp3) is 1.00. The van der Waals surface area contributed by atoms with Gasteiger partial charge in [0.2, 0.25) is 0 Å². The van der Waals surface area contributed by atoms with E-state index in [1.807, 2.05) is 0 Å². The number of alkyl halides is 1. The minimum absolute atomic E-state index is 0.200. The SMILES string of the molecule is CCCNCC(F)(P(=O)(O)O)P(=O)(O)O. The summed E-state index contributed by atoms with van der Waals surface area (Å²) < 4.78 is 34.9. The highest BCUT2D eigenvalue weighted by Gasteiger charge is 2.61. The van der Waals surface area contributed by atoms with Crippen LogP contribution in [0.5, 0.6) is 0 Å². The van der Waals surface area contributed by atoms with Crippen molar-refractivity contribution in [3.05, 3.63) is 0 Å². The van der Waals surface area contributed by atoms with E-state index in [1.165, 1.54) is 0 Å². The van der Waals surface area contributed by atoms with Crippen molar-refractivity contribution >= 4 is 15.2 Å². The highest BCUT2D eigenvalue weighted by Crippen LogP contribution is 2.69. The molecular formula is C5H14FNO6P2. The highest BCUT2D eigenvalue weighted by atomic mass is 31.2. The number of hydrogen-bond donors (Lipinski definition) is 5. The molecule has 0 aromatic heterocycles. The van der Waals surface area contributed by atoms with Crippen molar-refractivity contribution in [2.24, 2.45) is 0 Å². The van der Waals surface area contributed by atoms with Crippen LogP contribution in [-0.4, -0.2) is 37.8 Å². The molecule has 0 unspecified atom stereocenters. The summed E-state index contributed by atoms with van der Waals surface area (Å²) in [6.45, 7) is 0.822. The van der Waals surface area contributed by atoms with Gasteiger partial charge < -0.3 is 24.9 Å². The molecule has 0 spiro atoms. The van der Waals surface area contributed by atoms with Crippen LogP contribution in [-0.2, 0) is 9.13 Å². The van der Waals surface area contributed by atoms with Crippen molar-refractivity contribution in [1.29, 1.82) is 0 Å². The Balaban J connectivity index is 4.91. The number of rotatable bonds is 6. The molecule has 15 heavy (non-hydrogen) atoms. The van der Waals surface area contributed by atoms with Crippen molar-refractivity contribution in [2.75, 3.05) is 13.1 Å². The molecule has 0 aromatic carbocycles. The standard InChI is InChI=1S/C5H14FNO6P2/c1-2-3-7-4-5(6,14(8,9)10)15(11,12)13/h7H,2-4H2,1H3,(H2,8,9,10)(H2,11,12,13). The second-order valence-corrected chi connectivity index (χ2v) is 6.93. The molecule has 0 amide bonds. The van der Waals surface area contributed by atoms with Gasteiger partial charge in [-0.2, -0.15) is 0 Å². The fourth-order valence-electron chi connectivity index (χ4n) is 0.800. The fourth-order valence-corrected chi connectivity index (χ4v) is 2.79. The number of hydrogen-bond acceptors (Lipinski definition) is 3. The zero-order valence-corrected chi connectivity index (χ0v) is 9.79. The summed E-state index contributed by atoms with van der Waals surface area (Å²) in [6, 6.07) is 0. The number of halogens is 1. The van der Waals surface area contributed by atoms with E-state index >= 15 is 0 Å². The summed E-state index contributed by atoms with van der Waals surface area (Å²) >= 11 is 0. The molecular weight excluding hydrogens is 251 g/mol. The molecule has 10 heteroatoms. The van der Waals surface area contributed by atoms with Crippen LogP contribution in [0.15, 0.2) is 0 Å². The molecule has 0 heterocycles. The molecule has 5 N–H and O–H groups in total. The van der Waals surface area contributed by atoms with E-state index in [-0.39, 0.29) is 6.54 Å². The molecule has 0 saturated heterocycles. The normalized spacial score (nSPS) is 14.3. The lowest BCUT2D eigenvalue weighted by Gasteiger charge is -2.26. The molecule has 0 rings (SSSR count). The first-order valence-electron chi connectivity index (χ1n) is 4.07. The second kappa shape index (κ2) is 5.01. The summed E-state index contributed by atoms with van der Waals surface area (Å²) in [5, 5.41) is -1.62. The molecule has 0 aliphatic heterocycles. The van der Waals surface area contributed by atoms with Crippen LogP contribution < -0.4 is 5.32 Å². The Labute approximate surface area is 86.0 Å². The van der Waals surface area contributed by atoms with Crippen molar-refractivity contribution in [3.8, 4) is 0 Å². The summed E-state index contributed by atoms with van der Waals surface area (Å²) in [7, 11) is -11.1. The van der Waals surface area contributed by atoms with E-state index in [0.717, 1.165) is 0 Å². The minimum Gasteiger partial charge on any atom is -0.322 e. The molecule has 0 atom stereocenters. The van der Waals surface area contributed by atoms with E-state index < -0.39 is 26.9 Å². The smallest absolute Gasteiger partial charge is 0.322 e. The van der Waals surface area contributed by atoms with Gasteiger partial charge >= 0.3 is 20.3 Å². The van der Waals surface area contributed by atoms with Crippen molar-refractivity contribution < 1.29 is 33.1 Å². The first kappa shape index (κ1) is 15.2. The van der Waals surface area contributed by atoms with E-state index in [0.29, 0.717) is 6.42 Å². The molecule has 92 valence electrons. The van der Waals surface area contributed by atoms with E-state index in [4.69, 9.17) is 19.6 Å². The molecule has 0 aliphatic rings. The minimum atomic E-state index is -5.54. The lowest BCUT2D eigenvalue weighted by Crippen LogP contribution is -2.36. The summed E-state index contributed by atoms with van der Waals surface area (Å²) in [6.07, 6.45) is 0.540. The maximum atomic E-state index is 13.5. The third-order valence-corrected chi connectivity index (χ3v) is 5.33. The molecule has 0 fully saturated rings. The van der Waals surface area contributed by atoms with Gasteiger partial charge in [0, 0.05) is 0 Å². The van der Waals surface area contributed by atoms with E-state index in [1.54, 1.807) is 6.92 Å². The van der Waals surface area contributed by atoms with Gasteiger partial charge in [-0.05, 0) is 13.0 Å². The maximum absolute atomic E-state index is 13.5. The first-order valence-corrected chi connectivity index (χ1v) is 7.29. The van der Waals surface area contributed by atoms with Gasteiger partial charge in [0.05, 0.1) is 6.54 Å². The Morgan fingerprint density at radius 1 is 1.20 bits per heavy atom. The zero-order chi connectivity index (χ0) is 12.3. The van der Waals surface area contributed by atoms with Gasteiger partial charge in [-0.15, -0.1) is 0 Å². The Hall–Kier alpha value is 0.190. The predicted octanol–water partition coefficient (Wildman–Crippen LogP) is -0.0353. The molecule has 0 aromatic rings.